The summed E-state index contributed by atoms with van der Waals surface area (Å²) in [7, 11) is 0.269. The summed E-state index contributed by atoms with van der Waals surface area (Å²) in [6, 6.07) is 6.84. The van der Waals surface area contributed by atoms with Crippen LogP contribution in [-0.4, -0.2) is 40.2 Å². The highest BCUT2D eigenvalue weighted by atomic mass is 16.4. The maximum atomic E-state index is 12.0. The molecule has 0 bridgehead atoms. The third-order valence-corrected chi connectivity index (χ3v) is 3.71. The van der Waals surface area contributed by atoms with E-state index >= 15 is 0 Å². The van der Waals surface area contributed by atoms with Gasteiger partial charge in [0.25, 0.3) is 0 Å². The van der Waals surface area contributed by atoms with Crippen molar-refractivity contribution in [1.82, 2.24) is 15.1 Å². The van der Waals surface area contributed by atoms with Gasteiger partial charge in [-0.25, -0.2) is 4.79 Å². The van der Waals surface area contributed by atoms with E-state index in [-0.39, 0.29) is 24.9 Å². The van der Waals surface area contributed by atoms with Crippen molar-refractivity contribution in [3.05, 3.63) is 47.8 Å². The van der Waals surface area contributed by atoms with Crippen LogP contribution in [0, 0.1) is 0 Å². The molecule has 1 unspecified atom stereocenters. The zero-order chi connectivity index (χ0) is 16.2. The highest BCUT2D eigenvalue weighted by molar-refractivity contribution is 6.32. The van der Waals surface area contributed by atoms with E-state index in [4.69, 9.17) is 9.76 Å². The number of benzene rings is 1. The predicted octanol–water partition coefficient (Wildman–Crippen LogP) is 0.400. The van der Waals surface area contributed by atoms with Crippen LogP contribution in [-0.2, 0) is 17.8 Å². The molecule has 3 rings (SSSR count). The fourth-order valence-corrected chi connectivity index (χ4v) is 2.63. The van der Waals surface area contributed by atoms with Crippen LogP contribution in [0.15, 0.2) is 36.7 Å². The number of para-hydroxylation sites is 1. The van der Waals surface area contributed by atoms with Gasteiger partial charge in [-0.15, -0.1) is 0 Å². The van der Waals surface area contributed by atoms with Crippen LogP contribution < -0.4 is 9.97 Å². The minimum absolute atomic E-state index is 0.0769. The maximum Gasteiger partial charge on any atom is 0.363 e. The van der Waals surface area contributed by atoms with Crippen LogP contribution in [0.4, 0.5) is 0 Å². The lowest BCUT2D eigenvalue weighted by molar-refractivity contribution is -0.121. The van der Waals surface area contributed by atoms with Gasteiger partial charge in [-0.3, -0.25) is 9.48 Å². The molecule has 1 aliphatic rings. The number of aromatic carboxylic acids is 1. The molecule has 1 aliphatic heterocycles. The first kappa shape index (κ1) is 15.1. The third kappa shape index (κ3) is 3.53. The minimum Gasteiger partial charge on any atom is -0.561 e. The van der Waals surface area contributed by atoms with Crippen molar-refractivity contribution in [3.8, 4) is 5.75 Å². The molecule has 0 aliphatic carbocycles. The summed E-state index contributed by atoms with van der Waals surface area (Å²) in [5.41, 5.74) is 0.958. The first-order valence-electron chi connectivity index (χ1n) is 7.38. The van der Waals surface area contributed by atoms with Gasteiger partial charge in [-0.1, -0.05) is 12.1 Å². The first-order chi connectivity index (χ1) is 11.1. The van der Waals surface area contributed by atoms with Crippen LogP contribution in [0.25, 0.3) is 0 Å². The molecule has 0 radical (unpaired) electrons. The van der Waals surface area contributed by atoms with Crippen LogP contribution in [0.1, 0.15) is 22.3 Å². The van der Waals surface area contributed by atoms with Gasteiger partial charge in [0, 0.05) is 31.3 Å². The van der Waals surface area contributed by atoms with Crippen LogP contribution in [0.5, 0.6) is 5.75 Å². The lowest BCUT2D eigenvalue weighted by Crippen LogP contribution is -2.45. The Morgan fingerprint density at radius 1 is 1.43 bits per heavy atom. The zero-order valence-electron chi connectivity index (χ0n) is 12.4. The average Bonchev–Trinajstić information content (AvgIpc) is 3.05. The summed E-state index contributed by atoms with van der Waals surface area (Å²) in [5.74, 6) is -0.839. The van der Waals surface area contributed by atoms with Gasteiger partial charge in [0.1, 0.15) is 5.75 Å². The largest absolute Gasteiger partial charge is 0.561 e. The number of hydrogen-bond acceptors (Lipinski definition) is 4. The van der Waals surface area contributed by atoms with E-state index in [0.29, 0.717) is 25.1 Å². The predicted molar refractivity (Wildman–Crippen MR) is 83.7 cm³/mol. The van der Waals surface area contributed by atoms with Crippen molar-refractivity contribution in [2.75, 3.05) is 0 Å². The molecule has 1 atom stereocenters. The normalized spacial score (nSPS) is 15.9. The molecule has 8 heteroatoms. The molecular formula is C15H16BN3O4. The number of fused-ring (bicyclic) bond motifs is 1. The van der Waals surface area contributed by atoms with Crippen LogP contribution in [0.2, 0.25) is 0 Å². The highest BCUT2D eigenvalue weighted by Gasteiger charge is 2.26. The average molecular weight is 313 g/mol. The molecule has 0 saturated heterocycles. The van der Waals surface area contributed by atoms with E-state index in [1.165, 1.54) is 6.07 Å². The number of aromatic nitrogens is 2. The highest BCUT2D eigenvalue weighted by Crippen LogP contribution is 2.28. The van der Waals surface area contributed by atoms with Crippen molar-refractivity contribution in [2.24, 2.45) is 0 Å². The minimum atomic E-state index is -1.01. The molecular weight excluding hydrogens is 297 g/mol. The van der Waals surface area contributed by atoms with Crippen molar-refractivity contribution in [2.45, 2.75) is 25.3 Å². The Labute approximate surface area is 133 Å². The number of carboxylic acid groups (broad SMARTS) is 1. The standard InChI is InChI=1S/C15H16BN3O4/c20-13(5-8-19-7-2-6-17-19)18-12-9-10-3-1-4-11(15(21)22)14(10)23-16-12/h1-4,6-7,12,16H,5,8-9H2,(H,18,20)(H,21,22). The second kappa shape index (κ2) is 6.56. The molecule has 0 saturated carbocycles. The van der Waals surface area contributed by atoms with Gasteiger partial charge in [0.05, 0.1) is 5.56 Å². The molecule has 118 valence electrons. The van der Waals surface area contributed by atoms with Gasteiger partial charge < -0.3 is 15.1 Å². The zero-order valence-corrected chi connectivity index (χ0v) is 12.4. The van der Waals surface area contributed by atoms with Crippen molar-refractivity contribution >= 4 is 19.4 Å². The van der Waals surface area contributed by atoms with E-state index in [9.17, 15) is 9.59 Å². The maximum absolute atomic E-state index is 12.0. The van der Waals surface area contributed by atoms with E-state index in [1.54, 1.807) is 23.1 Å². The van der Waals surface area contributed by atoms with Gasteiger partial charge >= 0.3 is 13.5 Å². The number of amides is 1. The smallest absolute Gasteiger partial charge is 0.363 e. The summed E-state index contributed by atoms with van der Waals surface area (Å²) >= 11 is 0. The summed E-state index contributed by atoms with van der Waals surface area (Å²) in [6.45, 7) is 0.520. The molecule has 1 aromatic carbocycles. The molecule has 23 heavy (non-hydrogen) atoms. The summed E-state index contributed by atoms with van der Waals surface area (Å²) < 4.78 is 7.27. The number of carbonyl (C=O) groups excluding carboxylic acids is 1. The summed E-state index contributed by atoms with van der Waals surface area (Å²) in [6.07, 6.45) is 4.37. The second-order valence-corrected chi connectivity index (χ2v) is 5.40. The van der Waals surface area contributed by atoms with Crippen molar-refractivity contribution in [1.29, 1.82) is 0 Å². The van der Waals surface area contributed by atoms with E-state index < -0.39 is 5.97 Å². The summed E-state index contributed by atoms with van der Waals surface area (Å²) in [4.78, 5) is 23.2. The molecule has 0 fully saturated rings. The number of nitrogens with one attached hydrogen (secondary N) is 1. The summed E-state index contributed by atoms with van der Waals surface area (Å²) in [5, 5.41) is 16.1. The number of nitrogens with zero attached hydrogens (tertiary/aromatic N) is 2. The Morgan fingerprint density at radius 2 is 2.30 bits per heavy atom. The quantitative estimate of drug-likeness (QED) is 0.779. The third-order valence-electron chi connectivity index (χ3n) is 3.71. The van der Waals surface area contributed by atoms with E-state index in [2.05, 4.69) is 10.4 Å². The SMILES string of the molecule is O=C(CCn1cccn1)NC1BOc2c(cccc2C(=O)O)C1. The molecule has 7 nitrogen and oxygen atoms in total. The molecule has 2 aromatic rings. The lowest BCUT2D eigenvalue weighted by Gasteiger charge is -2.26. The Bertz CT molecular complexity index is 718. The van der Waals surface area contributed by atoms with Gasteiger partial charge in [0.2, 0.25) is 5.91 Å². The topological polar surface area (TPSA) is 93.5 Å². The van der Waals surface area contributed by atoms with E-state index in [1.807, 2.05) is 12.1 Å². The van der Waals surface area contributed by atoms with Gasteiger partial charge in [-0.2, -0.15) is 5.10 Å². The molecule has 2 N–H and O–H groups in total. The molecule has 0 spiro atoms. The first-order valence-corrected chi connectivity index (χ1v) is 7.38. The monoisotopic (exact) mass is 313 g/mol. The number of aryl methyl sites for hydroxylation is 1. The number of rotatable bonds is 5. The van der Waals surface area contributed by atoms with Crippen molar-refractivity contribution < 1.29 is 19.3 Å². The fourth-order valence-electron chi connectivity index (χ4n) is 2.63. The van der Waals surface area contributed by atoms with Gasteiger partial charge in [0.15, 0.2) is 0 Å². The second-order valence-electron chi connectivity index (χ2n) is 5.40. The molecule has 1 amide bonds. The Hall–Kier alpha value is -2.77. The fraction of sp³-hybridized carbons (Fsp3) is 0.267. The number of hydrogen-bond donors (Lipinski definition) is 2. The number of carboxylic acids is 1. The van der Waals surface area contributed by atoms with E-state index in [0.717, 1.165) is 5.56 Å². The Morgan fingerprint density at radius 3 is 3.04 bits per heavy atom. The number of carbonyl (C=O) groups is 2. The molecule has 2 heterocycles. The Balaban J connectivity index is 1.58. The molecule has 1 aromatic heterocycles. The van der Waals surface area contributed by atoms with Gasteiger partial charge in [-0.05, 0) is 24.1 Å². The van der Waals surface area contributed by atoms with Crippen LogP contribution >= 0.6 is 0 Å². The van der Waals surface area contributed by atoms with Crippen molar-refractivity contribution in [3.63, 3.8) is 0 Å². The Kier molecular flexibility index (Phi) is 4.32. The van der Waals surface area contributed by atoms with Crippen LogP contribution in [0.3, 0.4) is 0 Å². The lowest BCUT2D eigenvalue weighted by atomic mass is 9.79.